The van der Waals surface area contributed by atoms with Crippen molar-refractivity contribution in [3.63, 3.8) is 0 Å². The van der Waals surface area contributed by atoms with Crippen LogP contribution in [0.15, 0.2) is 0 Å². The molecule has 2 N–H and O–H groups in total. The van der Waals surface area contributed by atoms with E-state index in [-0.39, 0.29) is 10.9 Å². The number of nitrogens with one attached hydrogen (secondary N) is 2. The minimum Gasteiger partial charge on any atom is -0.377 e. The summed E-state index contributed by atoms with van der Waals surface area (Å²) in [6, 6.07) is 0. The highest BCUT2D eigenvalue weighted by molar-refractivity contribution is 6.28. The molecule has 0 radical (unpaired) electrons. The third-order valence-electron chi connectivity index (χ3n) is 2.37. The van der Waals surface area contributed by atoms with Gasteiger partial charge in [-0.3, -0.25) is 0 Å². The third kappa shape index (κ3) is 5.01. The second kappa shape index (κ2) is 6.70. The molecule has 0 atom stereocenters. The first-order valence-corrected chi connectivity index (χ1v) is 6.29. The Labute approximate surface area is 113 Å². The molecule has 1 aromatic rings. The summed E-state index contributed by atoms with van der Waals surface area (Å²) in [7, 11) is 1.66. The summed E-state index contributed by atoms with van der Waals surface area (Å²) in [4.78, 5) is 12.2. The lowest BCUT2D eigenvalue weighted by Gasteiger charge is -2.23. The van der Waals surface area contributed by atoms with Crippen molar-refractivity contribution >= 4 is 23.5 Å². The average molecular weight is 274 g/mol. The summed E-state index contributed by atoms with van der Waals surface area (Å²) in [6.07, 6.45) is 0.989. The molecule has 1 heterocycles. The fourth-order valence-corrected chi connectivity index (χ4v) is 1.27. The Morgan fingerprint density at radius 1 is 1.17 bits per heavy atom. The minimum atomic E-state index is -0.296. The van der Waals surface area contributed by atoms with Crippen molar-refractivity contribution in [1.29, 1.82) is 0 Å². The van der Waals surface area contributed by atoms with E-state index in [1.165, 1.54) is 0 Å². The topological polar surface area (TPSA) is 72.0 Å². The van der Waals surface area contributed by atoms with Gasteiger partial charge < -0.3 is 15.4 Å². The fraction of sp³-hybridized carbons (Fsp3) is 0.727. The first-order valence-electron chi connectivity index (χ1n) is 5.91. The molecule has 0 bridgehead atoms. The van der Waals surface area contributed by atoms with Gasteiger partial charge in [0.15, 0.2) is 0 Å². The van der Waals surface area contributed by atoms with Crippen molar-refractivity contribution in [2.24, 2.45) is 0 Å². The number of aromatic nitrogens is 3. The molecule has 0 saturated heterocycles. The lowest BCUT2D eigenvalue weighted by Crippen LogP contribution is -2.32. The highest BCUT2D eigenvalue weighted by Gasteiger charge is 2.16. The summed E-state index contributed by atoms with van der Waals surface area (Å²) in [5.74, 6) is 0.924. The van der Waals surface area contributed by atoms with Crippen LogP contribution in [0.3, 0.4) is 0 Å². The fourth-order valence-electron chi connectivity index (χ4n) is 1.11. The lowest BCUT2D eigenvalue weighted by atomic mass is 10.1. The molecule has 0 aromatic carbocycles. The summed E-state index contributed by atoms with van der Waals surface area (Å²) < 4.78 is 5.30. The van der Waals surface area contributed by atoms with Crippen LogP contribution in [0.5, 0.6) is 0 Å². The van der Waals surface area contributed by atoms with Gasteiger partial charge in [0.2, 0.25) is 17.2 Å². The van der Waals surface area contributed by atoms with Crippen LogP contribution in [0.4, 0.5) is 11.9 Å². The molecule has 0 amide bonds. The average Bonchev–Trinajstić information content (AvgIpc) is 2.33. The minimum absolute atomic E-state index is 0.168. The van der Waals surface area contributed by atoms with Gasteiger partial charge in [-0.05, 0) is 31.9 Å². The molecule has 0 fully saturated rings. The first-order chi connectivity index (χ1) is 8.46. The van der Waals surface area contributed by atoms with Gasteiger partial charge in [0.25, 0.3) is 0 Å². The third-order valence-corrected chi connectivity index (χ3v) is 2.54. The Kier molecular flexibility index (Phi) is 5.55. The number of hydrogen-bond donors (Lipinski definition) is 2. The number of hydrogen-bond acceptors (Lipinski definition) is 6. The number of ether oxygens (including phenoxy) is 1. The zero-order valence-corrected chi connectivity index (χ0v) is 12.0. The molecule has 6 nitrogen and oxygen atoms in total. The molecule has 7 heteroatoms. The van der Waals surface area contributed by atoms with Gasteiger partial charge >= 0.3 is 0 Å². The van der Waals surface area contributed by atoms with Crippen LogP contribution in [-0.2, 0) is 4.74 Å². The molecule has 0 aliphatic carbocycles. The largest absolute Gasteiger partial charge is 0.377 e. The van der Waals surface area contributed by atoms with E-state index < -0.39 is 0 Å². The predicted octanol–water partition coefficient (Wildman–Crippen LogP) is 2.18. The van der Waals surface area contributed by atoms with Crippen molar-refractivity contribution in [2.75, 3.05) is 30.8 Å². The summed E-state index contributed by atoms with van der Waals surface area (Å²) in [5.41, 5.74) is -0.296. The molecule has 1 aromatic heterocycles. The zero-order chi connectivity index (χ0) is 13.6. The SMILES string of the molecule is CCCNc1nc(Cl)nc(NCC(C)(C)OC)n1. The summed E-state index contributed by atoms with van der Waals surface area (Å²) in [5, 5.41) is 6.32. The van der Waals surface area contributed by atoms with E-state index in [2.05, 4.69) is 32.5 Å². The van der Waals surface area contributed by atoms with E-state index in [4.69, 9.17) is 16.3 Å². The monoisotopic (exact) mass is 273 g/mol. The van der Waals surface area contributed by atoms with Gasteiger partial charge in [0.05, 0.1) is 5.60 Å². The number of nitrogens with zero attached hydrogens (tertiary/aromatic N) is 3. The van der Waals surface area contributed by atoms with Gasteiger partial charge in [-0.25, -0.2) is 0 Å². The predicted molar refractivity (Wildman–Crippen MR) is 73.2 cm³/mol. The Bertz CT molecular complexity index is 386. The molecule has 0 aliphatic rings. The maximum atomic E-state index is 5.84. The normalized spacial score (nSPS) is 11.4. The van der Waals surface area contributed by atoms with Crippen molar-refractivity contribution in [3.8, 4) is 0 Å². The second-order valence-electron chi connectivity index (χ2n) is 4.50. The lowest BCUT2D eigenvalue weighted by molar-refractivity contribution is 0.0342. The highest BCUT2D eigenvalue weighted by Crippen LogP contribution is 2.12. The Morgan fingerprint density at radius 2 is 1.78 bits per heavy atom. The van der Waals surface area contributed by atoms with Crippen LogP contribution in [0.25, 0.3) is 0 Å². The zero-order valence-electron chi connectivity index (χ0n) is 11.2. The molecular weight excluding hydrogens is 254 g/mol. The van der Waals surface area contributed by atoms with Gasteiger partial charge in [-0.2, -0.15) is 15.0 Å². The van der Waals surface area contributed by atoms with Gasteiger partial charge in [0.1, 0.15) is 0 Å². The summed E-state index contributed by atoms with van der Waals surface area (Å²) in [6.45, 7) is 7.38. The van der Waals surface area contributed by atoms with E-state index in [0.717, 1.165) is 13.0 Å². The van der Waals surface area contributed by atoms with E-state index in [9.17, 15) is 0 Å². The molecule has 0 aliphatic heterocycles. The molecule has 0 unspecified atom stereocenters. The number of anilines is 2. The van der Waals surface area contributed by atoms with E-state index in [1.807, 2.05) is 13.8 Å². The Balaban J connectivity index is 2.68. The molecule has 102 valence electrons. The molecule has 1 rings (SSSR count). The van der Waals surface area contributed by atoms with Crippen molar-refractivity contribution in [3.05, 3.63) is 5.28 Å². The van der Waals surface area contributed by atoms with Crippen LogP contribution >= 0.6 is 11.6 Å². The first kappa shape index (κ1) is 14.9. The Hall–Kier alpha value is -1.14. The number of methoxy groups -OCH3 is 1. The van der Waals surface area contributed by atoms with Crippen LogP contribution in [-0.4, -0.2) is 40.8 Å². The molecule has 0 spiro atoms. The highest BCUT2D eigenvalue weighted by atomic mass is 35.5. The van der Waals surface area contributed by atoms with Gasteiger partial charge in [-0.1, -0.05) is 6.92 Å². The van der Waals surface area contributed by atoms with E-state index >= 15 is 0 Å². The van der Waals surface area contributed by atoms with E-state index in [1.54, 1.807) is 7.11 Å². The summed E-state index contributed by atoms with van der Waals surface area (Å²) >= 11 is 5.84. The van der Waals surface area contributed by atoms with Crippen molar-refractivity contribution < 1.29 is 4.74 Å². The van der Waals surface area contributed by atoms with Gasteiger partial charge in [0, 0.05) is 20.2 Å². The second-order valence-corrected chi connectivity index (χ2v) is 4.83. The Morgan fingerprint density at radius 3 is 2.33 bits per heavy atom. The quantitative estimate of drug-likeness (QED) is 0.793. The van der Waals surface area contributed by atoms with Crippen molar-refractivity contribution in [2.45, 2.75) is 32.8 Å². The standard InChI is InChI=1S/C11H20ClN5O/c1-5-6-13-9-15-8(12)16-10(17-9)14-7-11(2,3)18-4/h5-7H2,1-4H3,(H2,13,14,15,16,17). The van der Waals surface area contributed by atoms with Crippen LogP contribution in [0.1, 0.15) is 27.2 Å². The number of rotatable bonds is 7. The van der Waals surface area contributed by atoms with Crippen LogP contribution in [0, 0.1) is 0 Å². The smallest absolute Gasteiger partial charge is 0.228 e. The van der Waals surface area contributed by atoms with Crippen molar-refractivity contribution in [1.82, 2.24) is 15.0 Å². The molecular formula is C11H20ClN5O. The number of halogens is 1. The molecule has 0 saturated carbocycles. The maximum Gasteiger partial charge on any atom is 0.228 e. The van der Waals surface area contributed by atoms with Crippen LogP contribution < -0.4 is 10.6 Å². The van der Waals surface area contributed by atoms with Crippen LogP contribution in [0.2, 0.25) is 5.28 Å². The van der Waals surface area contributed by atoms with E-state index in [0.29, 0.717) is 18.4 Å². The van der Waals surface area contributed by atoms with Gasteiger partial charge in [-0.15, -0.1) is 0 Å². The molecule has 18 heavy (non-hydrogen) atoms. The maximum absolute atomic E-state index is 5.84.